The molecule has 33 heavy (non-hydrogen) atoms. The first kappa shape index (κ1) is 23.3. The first-order chi connectivity index (χ1) is 15.4. The number of carboxylic acid groups (broad SMARTS) is 1. The van der Waals surface area contributed by atoms with E-state index in [4.69, 9.17) is 4.74 Å². The van der Waals surface area contributed by atoms with Crippen LogP contribution in [-0.2, 0) is 10.3 Å². The summed E-state index contributed by atoms with van der Waals surface area (Å²) in [7, 11) is 0. The molecule has 0 fully saturated rings. The van der Waals surface area contributed by atoms with Crippen LogP contribution in [0, 0.1) is 27.7 Å². The molecule has 6 nitrogen and oxygen atoms in total. The van der Waals surface area contributed by atoms with E-state index in [0.717, 1.165) is 11.1 Å². The first-order valence-electron chi connectivity index (χ1n) is 10.0. The number of phenolic OH excluding ortho intramolecular Hbond substituents is 2. The van der Waals surface area contributed by atoms with Gasteiger partial charge in [0.2, 0.25) is 0 Å². The summed E-state index contributed by atoms with van der Waals surface area (Å²) in [6.07, 6.45) is 0. The Morgan fingerprint density at radius 1 is 0.848 bits per heavy atom. The van der Waals surface area contributed by atoms with Crippen molar-refractivity contribution in [2.75, 3.05) is 0 Å². The van der Waals surface area contributed by atoms with Crippen LogP contribution in [0.25, 0.3) is 0 Å². The predicted molar refractivity (Wildman–Crippen MR) is 129 cm³/mol. The average Bonchev–Trinajstić information content (AvgIpc) is 3.02. The van der Waals surface area contributed by atoms with E-state index in [2.05, 4.69) is 31.9 Å². The van der Waals surface area contributed by atoms with E-state index in [1.54, 1.807) is 32.0 Å². The summed E-state index contributed by atoms with van der Waals surface area (Å²) in [6.45, 7) is 7.19. The maximum atomic E-state index is 13.2. The Labute approximate surface area is 207 Å². The van der Waals surface area contributed by atoms with Crippen molar-refractivity contribution in [3.63, 3.8) is 0 Å². The molecule has 0 radical (unpaired) electrons. The molecule has 3 aromatic carbocycles. The quantitative estimate of drug-likeness (QED) is 0.330. The highest BCUT2D eigenvalue weighted by molar-refractivity contribution is 9.11. The number of rotatable bonds is 3. The lowest BCUT2D eigenvalue weighted by Crippen LogP contribution is -2.32. The molecular weight excluding hydrogens is 556 g/mol. The second-order valence-corrected chi connectivity index (χ2v) is 9.82. The van der Waals surface area contributed by atoms with Gasteiger partial charge >= 0.3 is 11.9 Å². The Morgan fingerprint density at radius 2 is 1.33 bits per heavy atom. The first-order valence-corrected chi connectivity index (χ1v) is 11.6. The summed E-state index contributed by atoms with van der Waals surface area (Å²) in [5, 5.41) is 31.0. The van der Waals surface area contributed by atoms with Gasteiger partial charge < -0.3 is 20.1 Å². The van der Waals surface area contributed by atoms with Gasteiger partial charge in [0.15, 0.2) is 5.60 Å². The standard InChI is InChI=1S/C25H20Br2O6/c1-10-7-12(3)21(28)19(26)17(10)25(18-11(2)8-13(4)22(29)20(18)27)16-6-5-14(23(30)31)9-15(16)24(32)33-25/h5-9,28-29H,1-4H3,(H,30,31). The molecule has 0 saturated carbocycles. The molecule has 0 aliphatic carbocycles. The summed E-state index contributed by atoms with van der Waals surface area (Å²) in [5.74, 6) is -1.89. The topological polar surface area (TPSA) is 104 Å². The number of carboxylic acids is 1. The Bertz CT molecular complexity index is 1310. The van der Waals surface area contributed by atoms with Crippen LogP contribution in [0.5, 0.6) is 11.5 Å². The molecule has 0 saturated heterocycles. The molecule has 0 aromatic heterocycles. The Balaban J connectivity index is 2.23. The number of carbonyl (C=O) groups is 2. The monoisotopic (exact) mass is 574 g/mol. The molecule has 4 rings (SSSR count). The molecule has 8 heteroatoms. The van der Waals surface area contributed by atoms with Gasteiger partial charge in [-0.15, -0.1) is 0 Å². The Kier molecular flexibility index (Phi) is 5.57. The normalized spacial score (nSPS) is 14.2. The fourth-order valence-electron chi connectivity index (χ4n) is 4.62. The number of aryl methyl sites for hydroxylation is 4. The number of fused-ring (bicyclic) bond motifs is 1. The highest BCUT2D eigenvalue weighted by atomic mass is 79.9. The van der Waals surface area contributed by atoms with Crippen molar-refractivity contribution in [2.24, 2.45) is 0 Å². The number of phenols is 2. The number of hydrogen-bond acceptors (Lipinski definition) is 5. The third kappa shape index (κ3) is 3.27. The molecule has 0 unspecified atom stereocenters. The minimum absolute atomic E-state index is 0.00765. The van der Waals surface area contributed by atoms with Gasteiger partial charge in [0.25, 0.3) is 0 Å². The Hall–Kier alpha value is -2.84. The van der Waals surface area contributed by atoms with Crippen molar-refractivity contribution in [3.05, 3.63) is 89.3 Å². The van der Waals surface area contributed by atoms with Crippen LogP contribution in [0.4, 0.5) is 0 Å². The molecular formula is C25H20Br2O6. The second kappa shape index (κ2) is 7.88. The molecule has 0 spiro atoms. The number of cyclic esters (lactones) is 1. The predicted octanol–water partition coefficient (Wildman–Crippen LogP) is 6.02. The zero-order valence-corrected chi connectivity index (χ0v) is 21.4. The van der Waals surface area contributed by atoms with Gasteiger partial charge in [-0.2, -0.15) is 0 Å². The van der Waals surface area contributed by atoms with E-state index in [9.17, 15) is 24.9 Å². The third-order valence-corrected chi connectivity index (χ3v) is 7.62. The number of ether oxygens (including phenoxy) is 1. The van der Waals surface area contributed by atoms with Crippen LogP contribution in [-0.4, -0.2) is 27.3 Å². The molecule has 170 valence electrons. The van der Waals surface area contributed by atoms with E-state index in [-0.39, 0.29) is 22.6 Å². The number of esters is 1. The smallest absolute Gasteiger partial charge is 0.340 e. The summed E-state index contributed by atoms with van der Waals surface area (Å²) in [5.41, 5.74) is 2.58. The maximum absolute atomic E-state index is 13.2. The Morgan fingerprint density at radius 3 is 1.79 bits per heavy atom. The largest absolute Gasteiger partial charge is 0.506 e. The fraction of sp³-hybridized carbons (Fsp3) is 0.200. The van der Waals surface area contributed by atoms with Crippen molar-refractivity contribution in [3.8, 4) is 11.5 Å². The van der Waals surface area contributed by atoms with Gasteiger partial charge in [-0.1, -0.05) is 18.2 Å². The molecule has 1 aliphatic heterocycles. The second-order valence-electron chi connectivity index (χ2n) is 8.23. The van der Waals surface area contributed by atoms with Gasteiger partial charge in [0.1, 0.15) is 11.5 Å². The summed E-state index contributed by atoms with van der Waals surface area (Å²) < 4.78 is 6.81. The lowest BCUT2D eigenvalue weighted by Gasteiger charge is -2.35. The number of halogens is 2. The van der Waals surface area contributed by atoms with Crippen LogP contribution in [0.1, 0.15) is 59.7 Å². The van der Waals surface area contributed by atoms with Gasteiger partial charge in [-0.25, -0.2) is 9.59 Å². The van der Waals surface area contributed by atoms with E-state index in [1.807, 2.05) is 13.8 Å². The third-order valence-electron chi connectivity index (χ3n) is 6.07. The van der Waals surface area contributed by atoms with Crippen molar-refractivity contribution < 1.29 is 29.6 Å². The number of hydrogen-bond donors (Lipinski definition) is 3. The van der Waals surface area contributed by atoms with Crippen molar-refractivity contribution in [1.29, 1.82) is 0 Å². The number of benzene rings is 3. The summed E-state index contributed by atoms with van der Waals surface area (Å²) in [4.78, 5) is 24.7. The van der Waals surface area contributed by atoms with Gasteiger partial charge in [0.05, 0.1) is 20.1 Å². The van der Waals surface area contributed by atoms with Gasteiger partial charge in [-0.05, 0) is 93.9 Å². The fourth-order valence-corrected chi connectivity index (χ4v) is 6.43. The highest BCUT2D eigenvalue weighted by Crippen LogP contribution is 2.56. The minimum Gasteiger partial charge on any atom is -0.506 e. The number of aromatic hydroxyl groups is 2. The van der Waals surface area contributed by atoms with Crippen molar-refractivity contribution >= 4 is 43.8 Å². The SMILES string of the molecule is Cc1cc(C)c(C2(c3c(C)cc(C)c(O)c3Br)OC(=O)c3cc(C(=O)O)ccc32)c(Br)c1O. The van der Waals surface area contributed by atoms with Crippen LogP contribution in [0.3, 0.4) is 0 Å². The molecule has 0 bridgehead atoms. The summed E-state index contributed by atoms with van der Waals surface area (Å²) >= 11 is 7.01. The zero-order chi connectivity index (χ0) is 24.4. The van der Waals surface area contributed by atoms with Gasteiger partial charge in [-0.3, -0.25) is 0 Å². The number of carbonyl (C=O) groups excluding carboxylic acids is 1. The van der Waals surface area contributed by atoms with Crippen molar-refractivity contribution in [2.45, 2.75) is 33.3 Å². The molecule has 3 N–H and O–H groups in total. The average molecular weight is 576 g/mol. The molecule has 0 amide bonds. The molecule has 1 aliphatic rings. The molecule has 3 aromatic rings. The maximum Gasteiger partial charge on any atom is 0.340 e. The van der Waals surface area contributed by atoms with Crippen LogP contribution >= 0.6 is 31.9 Å². The van der Waals surface area contributed by atoms with Crippen LogP contribution < -0.4 is 0 Å². The van der Waals surface area contributed by atoms with E-state index >= 15 is 0 Å². The van der Waals surface area contributed by atoms with E-state index in [0.29, 0.717) is 36.8 Å². The van der Waals surface area contributed by atoms with E-state index < -0.39 is 17.5 Å². The van der Waals surface area contributed by atoms with Crippen LogP contribution in [0.15, 0.2) is 39.3 Å². The van der Waals surface area contributed by atoms with Gasteiger partial charge in [0, 0.05) is 16.7 Å². The number of aromatic carboxylic acids is 1. The van der Waals surface area contributed by atoms with E-state index in [1.165, 1.54) is 12.1 Å². The highest BCUT2D eigenvalue weighted by Gasteiger charge is 2.53. The zero-order valence-electron chi connectivity index (χ0n) is 18.2. The molecule has 0 atom stereocenters. The molecule has 1 heterocycles. The lowest BCUT2D eigenvalue weighted by atomic mass is 9.75. The lowest BCUT2D eigenvalue weighted by molar-refractivity contribution is 0.0242. The summed E-state index contributed by atoms with van der Waals surface area (Å²) in [6, 6.07) is 7.82. The van der Waals surface area contributed by atoms with Crippen molar-refractivity contribution in [1.82, 2.24) is 0 Å². The van der Waals surface area contributed by atoms with Crippen LogP contribution in [0.2, 0.25) is 0 Å². The minimum atomic E-state index is -1.56.